The minimum absolute atomic E-state index is 0.00746. The fourth-order valence-corrected chi connectivity index (χ4v) is 8.34. The van der Waals surface area contributed by atoms with Crippen molar-refractivity contribution in [3.8, 4) is 0 Å². The Morgan fingerprint density at radius 3 is 2.56 bits per heavy atom. The lowest BCUT2D eigenvalue weighted by Crippen LogP contribution is -2.79. The molecule has 9 heteroatoms. The van der Waals surface area contributed by atoms with Gasteiger partial charge in [0.1, 0.15) is 18.3 Å². The molecule has 2 bridgehead atoms. The number of carbonyl (C=O) groups excluding carboxylic acids is 2. The van der Waals surface area contributed by atoms with Gasteiger partial charge >= 0.3 is 11.9 Å². The van der Waals surface area contributed by atoms with Crippen LogP contribution in [0.4, 0.5) is 0 Å². The van der Waals surface area contributed by atoms with Crippen LogP contribution in [0.15, 0.2) is 23.3 Å². The van der Waals surface area contributed by atoms with E-state index in [1.807, 2.05) is 0 Å². The monoisotopic (exact) mass is 478 g/mol. The van der Waals surface area contributed by atoms with Crippen molar-refractivity contribution in [1.29, 1.82) is 0 Å². The highest BCUT2D eigenvalue weighted by atomic mass is 16.7. The second-order valence-electron chi connectivity index (χ2n) is 11.4. The van der Waals surface area contributed by atoms with Gasteiger partial charge < -0.3 is 34.6 Å². The molecular weight excluding hydrogens is 444 g/mol. The van der Waals surface area contributed by atoms with Crippen LogP contribution in [0.5, 0.6) is 0 Å². The average Bonchev–Trinajstić information content (AvgIpc) is 3.02. The molecule has 1 spiro atoms. The molecule has 0 aromatic carbocycles. The second kappa shape index (κ2) is 7.36. The Bertz CT molecular complexity index is 985. The van der Waals surface area contributed by atoms with E-state index in [0.717, 1.165) is 5.57 Å². The lowest BCUT2D eigenvalue weighted by atomic mass is 9.37. The molecule has 5 rings (SSSR count). The molecule has 2 aliphatic heterocycles. The molecule has 0 unspecified atom stereocenters. The van der Waals surface area contributed by atoms with Crippen molar-refractivity contribution in [1.82, 2.24) is 0 Å². The summed E-state index contributed by atoms with van der Waals surface area (Å²) < 4.78 is 17.9. The Labute approximate surface area is 198 Å². The van der Waals surface area contributed by atoms with Gasteiger partial charge in [0, 0.05) is 35.2 Å². The van der Waals surface area contributed by atoms with Crippen LogP contribution in [-0.2, 0) is 23.8 Å². The number of hydrogen-bond acceptors (Lipinski definition) is 9. The molecule has 5 aliphatic rings. The van der Waals surface area contributed by atoms with Gasteiger partial charge in [0.15, 0.2) is 5.79 Å². The Hall–Kier alpha value is -1.78. The van der Waals surface area contributed by atoms with Crippen molar-refractivity contribution in [2.24, 2.45) is 34.5 Å². The Kier molecular flexibility index (Phi) is 5.19. The van der Waals surface area contributed by atoms with Crippen LogP contribution >= 0.6 is 0 Å². The third-order valence-electron chi connectivity index (χ3n) is 9.39. The summed E-state index contributed by atoms with van der Waals surface area (Å²) in [6.07, 6.45) is -2.96. The van der Waals surface area contributed by atoms with Gasteiger partial charge in [-0.05, 0) is 32.6 Å². The highest BCUT2D eigenvalue weighted by Gasteiger charge is 2.84. The molecular formula is C25H34O9. The smallest absolute Gasteiger partial charge is 0.331 e. The van der Waals surface area contributed by atoms with Crippen molar-refractivity contribution in [3.63, 3.8) is 0 Å². The van der Waals surface area contributed by atoms with E-state index in [4.69, 9.17) is 14.2 Å². The molecule has 4 N–H and O–H groups in total. The van der Waals surface area contributed by atoms with Gasteiger partial charge in [0.25, 0.3) is 0 Å². The summed E-state index contributed by atoms with van der Waals surface area (Å²) in [6, 6.07) is 0. The van der Waals surface area contributed by atoms with Gasteiger partial charge in [-0.3, -0.25) is 4.79 Å². The molecule has 12 atom stereocenters. The number of rotatable bonds is 2. The van der Waals surface area contributed by atoms with Crippen LogP contribution in [0.2, 0.25) is 0 Å². The van der Waals surface area contributed by atoms with E-state index in [1.165, 1.54) is 12.2 Å². The zero-order valence-corrected chi connectivity index (χ0v) is 20.1. The van der Waals surface area contributed by atoms with Crippen LogP contribution in [0.1, 0.15) is 41.0 Å². The summed E-state index contributed by atoms with van der Waals surface area (Å²) in [6.45, 7) is 8.75. The van der Waals surface area contributed by atoms with Crippen molar-refractivity contribution in [2.75, 3.05) is 6.61 Å². The predicted molar refractivity (Wildman–Crippen MR) is 117 cm³/mol. The van der Waals surface area contributed by atoms with E-state index in [9.17, 15) is 30.0 Å². The van der Waals surface area contributed by atoms with Gasteiger partial charge in [-0.25, -0.2) is 4.79 Å². The first-order valence-electron chi connectivity index (χ1n) is 11.9. The maximum absolute atomic E-state index is 12.8. The standard InChI is InChI=1S/C25H34O9/c1-10(2)6-15(27)33-18-17-11(3)7-14(26)20(30)23(17,5)22-24-9-32-25(22,31)19(29)12(4)13(24)8-16(28)34-21(18)24/h6-7,12-14,17-22,26,29-31H,8-9H2,1-5H3/t12-,13+,14+,17-,18+,19-,20+,21+,22-,23-,24-,25+/m1/s1. The molecule has 0 aromatic heterocycles. The van der Waals surface area contributed by atoms with Gasteiger partial charge in [-0.2, -0.15) is 0 Å². The third-order valence-corrected chi connectivity index (χ3v) is 9.39. The van der Waals surface area contributed by atoms with Gasteiger partial charge in [0.2, 0.25) is 0 Å². The maximum atomic E-state index is 12.8. The summed E-state index contributed by atoms with van der Waals surface area (Å²) >= 11 is 0. The van der Waals surface area contributed by atoms with Crippen molar-refractivity contribution in [3.05, 3.63) is 23.3 Å². The van der Waals surface area contributed by atoms with Crippen LogP contribution in [0.25, 0.3) is 0 Å². The van der Waals surface area contributed by atoms with Gasteiger partial charge in [0.05, 0.1) is 18.8 Å². The fourth-order valence-electron chi connectivity index (χ4n) is 8.34. The fraction of sp³-hybridized carbons (Fsp3) is 0.760. The van der Waals surface area contributed by atoms with Crippen molar-refractivity contribution >= 4 is 11.9 Å². The molecule has 2 saturated carbocycles. The Morgan fingerprint density at radius 1 is 1.24 bits per heavy atom. The first kappa shape index (κ1) is 23.9. The first-order valence-corrected chi connectivity index (χ1v) is 11.9. The summed E-state index contributed by atoms with van der Waals surface area (Å²) in [5, 5.41) is 45.2. The highest BCUT2D eigenvalue weighted by molar-refractivity contribution is 5.83. The quantitative estimate of drug-likeness (QED) is 0.253. The molecule has 188 valence electrons. The van der Waals surface area contributed by atoms with E-state index < -0.39 is 82.7 Å². The molecule has 4 fully saturated rings. The zero-order valence-electron chi connectivity index (χ0n) is 20.1. The number of fused-ring (bicyclic) bond motifs is 1. The molecule has 0 amide bonds. The Balaban J connectivity index is 1.77. The number of carbonyl (C=O) groups is 2. The summed E-state index contributed by atoms with van der Waals surface area (Å²) in [4.78, 5) is 25.7. The number of aliphatic hydroxyl groups excluding tert-OH is 3. The topological polar surface area (TPSA) is 143 Å². The van der Waals surface area contributed by atoms with Gasteiger partial charge in [-0.15, -0.1) is 0 Å². The van der Waals surface area contributed by atoms with Crippen LogP contribution in [-0.4, -0.2) is 75.3 Å². The molecule has 2 heterocycles. The molecule has 2 saturated heterocycles. The zero-order chi connectivity index (χ0) is 25.0. The minimum Gasteiger partial charge on any atom is -0.458 e. The number of allylic oxidation sites excluding steroid dienone is 1. The first-order chi connectivity index (χ1) is 15.8. The lowest BCUT2D eigenvalue weighted by Gasteiger charge is -2.69. The highest BCUT2D eigenvalue weighted by Crippen LogP contribution is 2.74. The van der Waals surface area contributed by atoms with E-state index in [2.05, 4.69) is 0 Å². The molecule has 34 heavy (non-hydrogen) atoms. The van der Waals surface area contributed by atoms with E-state index in [-0.39, 0.29) is 13.0 Å². The number of hydrogen-bond donors (Lipinski definition) is 4. The molecule has 0 aromatic rings. The maximum Gasteiger partial charge on any atom is 0.331 e. The van der Waals surface area contributed by atoms with Crippen LogP contribution in [0, 0.1) is 34.5 Å². The minimum atomic E-state index is -2.03. The predicted octanol–water partition coefficient (Wildman–Crippen LogP) is 0.446. The largest absolute Gasteiger partial charge is 0.458 e. The average molecular weight is 479 g/mol. The number of ether oxygens (including phenoxy) is 3. The SMILES string of the molecule is CC(C)=CC(=O)O[C@H]1[C@H]2C(C)=C[C@H](O)[C@H](O)[C@]2(C)[C@H]2[C@@]3(O)OC[C@]24[C@@H](CC(=O)O[C@@H]14)[C@@H](C)[C@H]3O. The molecule has 0 radical (unpaired) electrons. The molecule has 9 nitrogen and oxygen atoms in total. The summed E-state index contributed by atoms with van der Waals surface area (Å²) in [5.74, 6) is -5.66. The Morgan fingerprint density at radius 2 is 1.91 bits per heavy atom. The third kappa shape index (κ3) is 2.73. The normalized spacial score (nSPS) is 53.1. The lowest BCUT2D eigenvalue weighted by molar-refractivity contribution is -0.350. The van der Waals surface area contributed by atoms with E-state index in [1.54, 1.807) is 34.6 Å². The van der Waals surface area contributed by atoms with Gasteiger partial charge in [-0.1, -0.05) is 31.1 Å². The summed E-state index contributed by atoms with van der Waals surface area (Å²) in [7, 11) is 0. The second-order valence-corrected chi connectivity index (χ2v) is 11.4. The van der Waals surface area contributed by atoms with Crippen molar-refractivity contribution < 1.29 is 44.2 Å². The number of aliphatic hydroxyl groups is 4. The summed E-state index contributed by atoms with van der Waals surface area (Å²) in [5.41, 5.74) is -0.920. The van der Waals surface area contributed by atoms with E-state index in [0.29, 0.717) is 5.57 Å². The molecule has 3 aliphatic carbocycles. The van der Waals surface area contributed by atoms with Crippen LogP contribution in [0.3, 0.4) is 0 Å². The van der Waals surface area contributed by atoms with E-state index >= 15 is 0 Å². The van der Waals surface area contributed by atoms with Crippen molar-refractivity contribution in [2.45, 2.75) is 77.3 Å². The van der Waals surface area contributed by atoms with Crippen LogP contribution < -0.4 is 0 Å². The number of esters is 2.